The van der Waals surface area contributed by atoms with Crippen molar-refractivity contribution in [3.05, 3.63) is 28.8 Å². The van der Waals surface area contributed by atoms with E-state index in [9.17, 15) is 5.11 Å². The van der Waals surface area contributed by atoms with E-state index in [1.54, 1.807) is 6.92 Å². The SMILES string of the molecule is CC(C)CN(c1ccc(C(C)O)cc1Cl)C1CCCC1. The largest absolute Gasteiger partial charge is 0.389 e. The summed E-state index contributed by atoms with van der Waals surface area (Å²) in [5.41, 5.74) is 2.01. The first kappa shape index (κ1) is 15.7. The van der Waals surface area contributed by atoms with Gasteiger partial charge in [0.15, 0.2) is 0 Å². The van der Waals surface area contributed by atoms with Gasteiger partial charge in [-0.15, -0.1) is 0 Å². The molecule has 1 atom stereocenters. The van der Waals surface area contributed by atoms with Crippen molar-refractivity contribution in [2.45, 2.75) is 58.6 Å². The van der Waals surface area contributed by atoms with E-state index in [1.165, 1.54) is 25.7 Å². The van der Waals surface area contributed by atoms with Crippen LogP contribution >= 0.6 is 11.6 Å². The number of hydrogen-bond acceptors (Lipinski definition) is 2. The molecule has 0 amide bonds. The van der Waals surface area contributed by atoms with Gasteiger partial charge in [0.1, 0.15) is 0 Å². The third-order valence-electron chi connectivity index (χ3n) is 4.09. The van der Waals surface area contributed by atoms with E-state index >= 15 is 0 Å². The van der Waals surface area contributed by atoms with Gasteiger partial charge in [-0.3, -0.25) is 0 Å². The average Bonchev–Trinajstić information content (AvgIpc) is 2.89. The van der Waals surface area contributed by atoms with Crippen LogP contribution in [0.5, 0.6) is 0 Å². The molecule has 3 heteroatoms. The van der Waals surface area contributed by atoms with Gasteiger partial charge in [0.05, 0.1) is 16.8 Å². The quantitative estimate of drug-likeness (QED) is 0.843. The Hall–Kier alpha value is -0.730. The molecule has 1 aromatic carbocycles. The van der Waals surface area contributed by atoms with Crippen LogP contribution in [0.4, 0.5) is 5.69 Å². The number of hydrogen-bond donors (Lipinski definition) is 1. The Balaban J connectivity index is 2.27. The van der Waals surface area contributed by atoms with Gasteiger partial charge in [0, 0.05) is 12.6 Å². The normalized spacial score (nSPS) is 17.7. The molecule has 1 fully saturated rings. The molecule has 0 spiro atoms. The van der Waals surface area contributed by atoms with Crippen molar-refractivity contribution in [1.29, 1.82) is 0 Å². The molecule has 2 rings (SSSR count). The van der Waals surface area contributed by atoms with Gasteiger partial charge in [0.25, 0.3) is 0 Å². The highest BCUT2D eigenvalue weighted by molar-refractivity contribution is 6.33. The molecule has 0 aromatic heterocycles. The second-order valence-electron chi connectivity index (χ2n) is 6.37. The predicted molar refractivity (Wildman–Crippen MR) is 86.5 cm³/mol. The number of nitrogens with zero attached hydrogens (tertiary/aromatic N) is 1. The third-order valence-corrected chi connectivity index (χ3v) is 4.39. The number of anilines is 1. The van der Waals surface area contributed by atoms with Crippen molar-refractivity contribution in [3.8, 4) is 0 Å². The summed E-state index contributed by atoms with van der Waals surface area (Å²) in [4.78, 5) is 2.48. The molecule has 0 heterocycles. The topological polar surface area (TPSA) is 23.5 Å². The van der Waals surface area contributed by atoms with E-state index in [1.807, 2.05) is 12.1 Å². The van der Waals surface area contributed by atoms with E-state index in [2.05, 4.69) is 24.8 Å². The number of rotatable bonds is 5. The van der Waals surface area contributed by atoms with Gasteiger partial charge in [-0.1, -0.05) is 44.4 Å². The summed E-state index contributed by atoms with van der Waals surface area (Å²) >= 11 is 6.48. The summed E-state index contributed by atoms with van der Waals surface area (Å²) in [6.45, 7) is 7.31. The molecular weight excluding hydrogens is 270 g/mol. The molecule has 1 N–H and O–H groups in total. The van der Waals surface area contributed by atoms with Gasteiger partial charge in [-0.05, 0) is 43.4 Å². The minimum atomic E-state index is -0.466. The predicted octanol–water partition coefficient (Wildman–Crippen LogP) is 4.80. The van der Waals surface area contributed by atoms with E-state index in [4.69, 9.17) is 11.6 Å². The first-order valence-corrected chi connectivity index (χ1v) is 8.11. The van der Waals surface area contributed by atoms with Crippen LogP contribution in [0.3, 0.4) is 0 Å². The van der Waals surface area contributed by atoms with E-state index < -0.39 is 6.10 Å². The maximum atomic E-state index is 9.66. The van der Waals surface area contributed by atoms with E-state index in [0.29, 0.717) is 12.0 Å². The lowest BCUT2D eigenvalue weighted by Gasteiger charge is -2.33. The fourth-order valence-corrected chi connectivity index (χ4v) is 3.37. The molecular formula is C17H26ClNO. The molecule has 2 nitrogen and oxygen atoms in total. The van der Waals surface area contributed by atoms with Gasteiger partial charge in [0.2, 0.25) is 0 Å². The number of aliphatic hydroxyl groups excluding tert-OH is 1. The molecule has 0 bridgehead atoms. The lowest BCUT2D eigenvalue weighted by atomic mass is 10.1. The molecule has 20 heavy (non-hydrogen) atoms. The Kier molecular flexibility index (Phi) is 5.34. The molecule has 0 radical (unpaired) electrons. The van der Waals surface area contributed by atoms with Crippen molar-refractivity contribution in [1.82, 2.24) is 0 Å². The van der Waals surface area contributed by atoms with Crippen LogP contribution in [0.25, 0.3) is 0 Å². The summed E-state index contributed by atoms with van der Waals surface area (Å²) in [6, 6.07) is 6.59. The van der Waals surface area contributed by atoms with Crippen molar-refractivity contribution in [2.75, 3.05) is 11.4 Å². The minimum absolute atomic E-state index is 0.466. The summed E-state index contributed by atoms with van der Waals surface area (Å²) in [5, 5.41) is 10.4. The number of halogens is 1. The maximum Gasteiger partial charge on any atom is 0.0762 e. The standard InChI is InChI=1S/C17H26ClNO/c1-12(2)11-19(15-6-4-5-7-15)17-9-8-14(13(3)20)10-16(17)18/h8-10,12-13,15,20H,4-7,11H2,1-3H3. The Morgan fingerprint density at radius 1 is 1.25 bits per heavy atom. The Morgan fingerprint density at radius 2 is 1.90 bits per heavy atom. The van der Waals surface area contributed by atoms with E-state index in [0.717, 1.165) is 22.8 Å². The highest BCUT2D eigenvalue weighted by Gasteiger charge is 2.25. The Labute approximate surface area is 127 Å². The molecule has 0 aliphatic heterocycles. The molecule has 1 unspecified atom stereocenters. The summed E-state index contributed by atoms with van der Waals surface area (Å²) in [6.07, 6.45) is 4.71. The smallest absolute Gasteiger partial charge is 0.0762 e. The van der Waals surface area contributed by atoms with Crippen molar-refractivity contribution in [2.24, 2.45) is 5.92 Å². The zero-order valence-corrected chi connectivity index (χ0v) is 13.5. The molecule has 1 aliphatic rings. The van der Waals surface area contributed by atoms with Gasteiger partial charge in [-0.25, -0.2) is 0 Å². The number of benzene rings is 1. The third kappa shape index (κ3) is 3.67. The van der Waals surface area contributed by atoms with E-state index in [-0.39, 0.29) is 0 Å². The van der Waals surface area contributed by atoms with Crippen LogP contribution in [0.2, 0.25) is 5.02 Å². The molecule has 112 valence electrons. The summed E-state index contributed by atoms with van der Waals surface area (Å²) in [7, 11) is 0. The highest BCUT2D eigenvalue weighted by atomic mass is 35.5. The lowest BCUT2D eigenvalue weighted by molar-refractivity contribution is 0.199. The maximum absolute atomic E-state index is 9.66. The van der Waals surface area contributed by atoms with Crippen LogP contribution in [-0.2, 0) is 0 Å². The Morgan fingerprint density at radius 3 is 2.40 bits per heavy atom. The first-order valence-electron chi connectivity index (χ1n) is 7.73. The van der Waals surface area contributed by atoms with Crippen LogP contribution in [-0.4, -0.2) is 17.7 Å². The second-order valence-corrected chi connectivity index (χ2v) is 6.78. The molecule has 1 saturated carbocycles. The lowest BCUT2D eigenvalue weighted by Crippen LogP contribution is -2.36. The number of aliphatic hydroxyl groups is 1. The fourth-order valence-electron chi connectivity index (χ4n) is 3.07. The van der Waals surface area contributed by atoms with Gasteiger partial charge in [-0.2, -0.15) is 0 Å². The monoisotopic (exact) mass is 295 g/mol. The van der Waals surface area contributed by atoms with Gasteiger partial charge < -0.3 is 10.0 Å². The molecule has 1 aliphatic carbocycles. The minimum Gasteiger partial charge on any atom is -0.389 e. The first-order chi connectivity index (χ1) is 9.49. The zero-order chi connectivity index (χ0) is 14.7. The van der Waals surface area contributed by atoms with Crippen LogP contribution in [0.1, 0.15) is 58.1 Å². The van der Waals surface area contributed by atoms with Crippen molar-refractivity contribution >= 4 is 17.3 Å². The van der Waals surface area contributed by atoms with Gasteiger partial charge >= 0.3 is 0 Å². The fraction of sp³-hybridized carbons (Fsp3) is 0.647. The summed E-state index contributed by atoms with van der Waals surface area (Å²) in [5.74, 6) is 0.614. The average molecular weight is 296 g/mol. The zero-order valence-electron chi connectivity index (χ0n) is 12.8. The highest BCUT2D eigenvalue weighted by Crippen LogP contribution is 2.35. The van der Waals surface area contributed by atoms with Crippen LogP contribution in [0, 0.1) is 5.92 Å². The summed E-state index contributed by atoms with van der Waals surface area (Å²) < 4.78 is 0. The van der Waals surface area contributed by atoms with Crippen LogP contribution < -0.4 is 4.90 Å². The molecule has 1 aromatic rings. The Bertz CT molecular complexity index is 439. The van der Waals surface area contributed by atoms with Crippen LogP contribution in [0.15, 0.2) is 18.2 Å². The van der Waals surface area contributed by atoms with Crippen molar-refractivity contribution in [3.63, 3.8) is 0 Å². The second kappa shape index (κ2) is 6.82. The van der Waals surface area contributed by atoms with Crippen molar-refractivity contribution < 1.29 is 5.11 Å². The molecule has 0 saturated heterocycles.